The molecule has 11 heterocycles. The Hall–Kier alpha value is -7.77. The average molecular weight is 1470 g/mol. The Balaban J connectivity index is 0.000000152. The van der Waals surface area contributed by atoms with Gasteiger partial charge in [-0.3, -0.25) is 39.3 Å². The first-order valence-corrected chi connectivity index (χ1v) is 33.1. The number of ether oxygens (including phenoxy) is 4. The second kappa shape index (κ2) is 27.9. The largest absolute Gasteiger partial charge is 0.457 e. The van der Waals surface area contributed by atoms with E-state index in [2.05, 4.69) is 78.4 Å². The lowest BCUT2D eigenvalue weighted by Gasteiger charge is -2.38. The maximum atomic E-state index is 14.0. The highest BCUT2D eigenvalue weighted by Crippen LogP contribution is 2.51. The first-order chi connectivity index (χ1) is 44.6. The van der Waals surface area contributed by atoms with E-state index in [4.69, 9.17) is 37.4 Å². The minimum absolute atomic E-state index is 0.0133. The second-order valence-corrected chi connectivity index (χ2v) is 28.3. The van der Waals surface area contributed by atoms with E-state index in [1.165, 1.54) is 14.2 Å². The van der Waals surface area contributed by atoms with E-state index in [9.17, 15) is 33.6 Å². The molecule has 0 saturated carbocycles. The summed E-state index contributed by atoms with van der Waals surface area (Å²) in [4.78, 5) is 117. The van der Waals surface area contributed by atoms with Crippen molar-refractivity contribution in [3.05, 3.63) is 151 Å². The molecule has 494 valence electrons. The van der Waals surface area contributed by atoms with E-state index >= 15 is 0 Å². The van der Waals surface area contributed by atoms with Crippen LogP contribution in [0.25, 0.3) is 21.5 Å². The number of benzene rings is 2. The molecule has 94 heavy (non-hydrogen) atoms. The van der Waals surface area contributed by atoms with Crippen molar-refractivity contribution in [3.63, 3.8) is 0 Å². The van der Waals surface area contributed by atoms with Gasteiger partial charge in [0.2, 0.25) is 17.7 Å². The molecule has 7 aromatic rings. The normalized spacial score (nSPS) is 17.2. The van der Waals surface area contributed by atoms with Crippen LogP contribution >= 0.6 is 66.7 Å². The predicted molar refractivity (Wildman–Crippen MR) is 363 cm³/mol. The fraction of sp³-hybridized carbons (Fsp3) is 0.403. The molecule has 0 unspecified atom stereocenters. The fourth-order valence-electron chi connectivity index (χ4n) is 12.9. The molecule has 0 radical (unpaired) electrons. The zero-order chi connectivity index (χ0) is 67.7. The van der Waals surface area contributed by atoms with Gasteiger partial charge in [-0.15, -0.1) is 0 Å². The Bertz CT molecular complexity index is 4110. The summed E-state index contributed by atoms with van der Waals surface area (Å²) < 4.78 is 21.3. The molecule has 6 aliphatic rings. The highest BCUT2D eigenvalue weighted by molar-refractivity contribution is 9.11. The number of amides is 6. The summed E-state index contributed by atoms with van der Waals surface area (Å²) in [6.45, 7) is 14.6. The number of likely N-dealkylation sites (tertiary alicyclic amines) is 3. The van der Waals surface area contributed by atoms with Gasteiger partial charge in [0.25, 0.3) is 0 Å². The molecule has 2 aromatic carbocycles. The number of rotatable bonds is 4. The van der Waals surface area contributed by atoms with Crippen LogP contribution in [0.3, 0.4) is 0 Å². The van der Waals surface area contributed by atoms with Crippen LogP contribution in [0.4, 0.5) is 36.2 Å². The Kier molecular flexibility index (Phi) is 20.5. The van der Waals surface area contributed by atoms with E-state index < -0.39 is 32.9 Å². The first-order valence-electron chi connectivity index (χ1n) is 30.4. The minimum Gasteiger partial charge on any atom is -0.457 e. The first kappa shape index (κ1) is 69.1. The van der Waals surface area contributed by atoms with Crippen LogP contribution in [-0.4, -0.2) is 146 Å². The number of hydrogen-bond donors (Lipinski definition) is 1. The van der Waals surface area contributed by atoms with Crippen LogP contribution in [0.15, 0.2) is 113 Å². The van der Waals surface area contributed by atoms with E-state index in [0.29, 0.717) is 101 Å². The number of piperidine rings is 3. The van der Waals surface area contributed by atoms with Crippen molar-refractivity contribution < 1.29 is 52.5 Å². The van der Waals surface area contributed by atoms with Crippen molar-refractivity contribution in [2.45, 2.75) is 121 Å². The molecular weight excluding hydrogens is 1400 g/mol. The number of carbonyl (C=O) groups excluding carboxylic acids is 7. The van der Waals surface area contributed by atoms with Crippen molar-refractivity contribution in [1.82, 2.24) is 39.6 Å². The van der Waals surface area contributed by atoms with E-state index in [1.807, 2.05) is 96.1 Å². The van der Waals surface area contributed by atoms with Gasteiger partial charge >= 0.3 is 23.7 Å². The van der Waals surface area contributed by atoms with Gasteiger partial charge in [-0.25, -0.2) is 19.2 Å². The van der Waals surface area contributed by atoms with E-state index in [1.54, 1.807) is 74.1 Å². The summed E-state index contributed by atoms with van der Waals surface area (Å²) in [6.07, 6.45) is 16.2. The molecule has 3 spiro atoms. The summed E-state index contributed by atoms with van der Waals surface area (Å²) in [6, 6.07) is 17.0. The quantitative estimate of drug-likeness (QED) is 0.127. The number of fused-ring (bicyclic) bond motifs is 8. The lowest BCUT2D eigenvalue weighted by molar-refractivity contribution is -0.125. The molecule has 22 nitrogen and oxygen atoms in total. The van der Waals surface area contributed by atoms with Gasteiger partial charge in [0.05, 0.1) is 90.6 Å². The lowest BCUT2D eigenvalue weighted by atomic mass is 9.74. The summed E-state index contributed by atoms with van der Waals surface area (Å²) in [5.41, 5.74) is 3.10. The maximum absolute atomic E-state index is 14.0. The maximum Gasteiger partial charge on any atom is 0.410 e. The Morgan fingerprint density at radius 3 is 1.29 bits per heavy atom. The number of hydrogen-bond acceptors (Lipinski definition) is 16. The molecule has 13 rings (SSSR count). The van der Waals surface area contributed by atoms with Crippen molar-refractivity contribution in [2.75, 3.05) is 68.6 Å². The Morgan fingerprint density at radius 2 is 0.904 bits per heavy atom. The lowest BCUT2D eigenvalue weighted by Crippen LogP contribution is -2.50. The van der Waals surface area contributed by atoms with Gasteiger partial charge in [0, 0.05) is 112 Å². The number of nitrogens with zero attached hydrogens (tertiary/aromatic N) is 10. The molecule has 6 amide bonds. The van der Waals surface area contributed by atoms with Crippen LogP contribution < -0.4 is 15.1 Å². The van der Waals surface area contributed by atoms with Crippen molar-refractivity contribution in [1.29, 1.82) is 0 Å². The topological polar surface area (TPSA) is 249 Å². The van der Waals surface area contributed by atoms with Gasteiger partial charge in [-0.1, -0.05) is 35.3 Å². The van der Waals surface area contributed by atoms with Gasteiger partial charge in [-0.2, -0.15) is 0 Å². The monoisotopic (exact) mass is 1470 g/mol. The van der Waals surface area contributed by atoms with Crippen molar-refractivity contribution in [3.8, 4) is 0 Å². The van der Waals surface area contributed by atoms with Crippen LogP contribution in [0, 0.1) is 0 Å². The zero-order valence-electron chi connectivity index (χ0n) is 53.1. The molecule has 0 aliphatic carbocycles. The van der Waals surface area contributed by atoms with Gasteiger partial charge in [0.1, 0.15) is 11.2 Å². The molecular formula is C67H70Br2Cl3N11O11. The SMILES string of the molecule is CC(C)(C)OC(=O)N1CCC2(CC1)C(=O)N(Cc1ncc3cc(Cl)ccc3c1Br)c1cnccc12.CC(C)(C)OC(=O)N1CCC2(CC1)C(=O)Nc1cnccc12.COC(=O)Cl.COC(=O)N1CCC2(CC1)C(=O)N(Cc1ncc3cc(Cl)ccc3c1Br)c1cnccc12. The number of carbonyl (C=O) groups is 7. The van der Waals surface area contributed by atoms with Crippen LogP contribution in [-0.2, 0) is 62.7 Å². The smallest absolute Gasteiger partial charge is 0.410 e. The fourth-order valence-corrected chi connectivity index (χ4v) is 14.5. The van der Waals surface area contributed by atoms with Crippen LogP contribution in [0.2, 0.25) is 10.0 Å². The number of aromatic nitrogens is 5. The molecule has 0 bridgehead atoms. The average Bonchev–Trinajstić information content (AvgIpc) is 1.58. The number of pyridine rings is 5. The third kappa shape index (κ3) is 14.1. The molecule has 5 aromatic heterocycles. The molecule has 3 fully saturated rings. The van der Waals surface area contributed by atoms with Gasteiger partial charge in [-0.05, 0) is 182 Å². The molecule has 0 atom stereocenters. The molecule has 6 aliphatic heterocycles. The predicted octanol–water partition coefficient (Wildman–Crippen LogP) is 13.8. The number of methoxy groups -OCH3 is 2. The molecule has 27 heteroatoms. The molecule has 1 N–H and O–H groups in total. The van der Waals surface area contributed by atoms with Crippen LogP contribution in [0.5, 0.6) is 0 Å². The third-order valence-electron chi connectivity index (χ3n) is 17.6. The van der Waals surface area contributed by atoms with Gasteiger partial charge in [0.15, 0.2) is 0 Å². The number of anilines is 3. The van der Waals surface area contributed by atoms with Crippen molar-refractivity contribution >= 4 is 147 Å². The van der Waals surface area contributed by atoms with Crippen LogP contribution in [0.1, 0.15) is 108 Å². The minimum atomic E-state index is -0.773. The number of nitrogens with one attached hydrogen (secondary N) is 1. The highest BCUT2D eigenvalue weighted by Gasteiger charge is 2.55. The Labute approximate surface area is 575 Å². The summed E-state index contributed by atoms with van der Waals surface area (Å²) in [5.74, 6) is 0.0588. The summed E-state index contributed by atoms with van der Waals surface area (Å²) >= 11 is 24.2. The number of halogens is 5. The second-order valence-electron chi connectivity index (χ2n) is 25.5. The summed E-state index contributed by atoms with van der Waals surface area (Å²) in [5, 5.41) is 8.02. The standard InChI is InChI=1S/C26H26BrClN4O3.C23H20BrClN4O3.C16H21N3O3.C2H3ClO2/c1-25(2,3)35-24(34)31-10-7-26(8-11-31)19-6-9-29-14-21(19)32(23(26)33)15-20-22(27)18-5-4-17(28)12-16(18)13-30-20;1-32-22(31)28-8-5-23(6-9-28)17-4-7-26-12-19(17)29(21(23)30)13-18-20(24)16-3-2-15(25)10-14(16)11-27-18;1-15(2,3)22-14(21)19-8-5-16(6-9-19)11-4-7-17-10-12(11)18-13(16)20;1-5-2(3)4/h4-6,9,12-14H,7-8,10-11,15H2,1-3H3;2-4,7,10-12H,5-6,8-9,13H2,1H3;4,7,10H,5-6,8-9H2,1-3H3,(H,18,20);1H3. The molecule has 3 saturated heterocycles. The van der Waals surface area contributed by atoms with E-state index in [0.717, 1.165) is 75.6 Å². The van der Waals surface area contributed by atoms with Gasteiger partial charge < -0.3 is 48.8 Å². The van der Waals surface area contributed by atoms with Crippen molar-refractivity contribution in [2.24, 2.45) is 0 Å². The highest BCUT2D eigenvalue weighted by atomic mass is 79.9. The third-order valence-corrected chi connectivity index (χ3v) is 20.0. The summed E-state index contributed by atoms with van der Waals surface area (Å²) in [7, 11) is 2.59. The van der Waals surface area contributed by atoms with E-state index in [-0.39, 0.29) is 36.0 Å². The zero-order valence-corrected chi connectivity index (χ0v) is 58.5. The Morgan fingerprint density at radius 1 is 0.532 bits per heavy atom.